The van der Waals surface area contributed by atoms with Gasteiger partial charge in [0, 0.05) is 18.9 Å². The molecule has 1 fully saturated rings. The fraction of sp³-hybridized carbons (Fsp3) is 1.00. The van der Waals surface area contributed by atoms with Gasteiger partial charge in [-0.05, 0) is 12.8 Å². The molecule has 2 N–H and O–H groups in total. The molecule has 0 radical (unpaired) electrons. The van der Waals surface area contributed by atoms with E-state index in [0.29, 0.717) is 12.8 Å². The van der Waals surface area contributed by atoms with Gasteiger partial charge in [0.15, 0.2) is 0 Å². The molecule has 1 aliphatic carbocycles. The maximum absolute atomic E-state index is 12.3. The zero-order valence-electron chi connectivity index (χ0n) is 5.65. The van der Waals surface area contributed by atoms with E-state index in [1.165, 1.54) is 0 Å². The highest BCUT2D eigenvalue weighted by atomic mass is 35.5. The lowest BCUT2D eigenvalue weighted by Gasteiger charge is -2.25. The lowest BCUT2D eigenvalue weighted by atomic mass is 9.93. The maximum Gasteiger partial charge on any atom is 0.248 e. The minimum absolute atomic E-state index is 0. The van der Waals surface area contributed by atoms with Gasteiger partial charge in [-0.3, -0.25) is 0 Å². The Kier molecular flexibility index (Phi) is 3.52. The fourth-order valence-corrected chi connectivity index (χ4v) is 1.06. The number of nitrogens with two attached hydrogens (primary N) is 1. The molecule has 62 valence electrons. The number of alkyl halides is 2. The molecule has 0 aromatic rings. The molecule has 1 nitrogen and oxygen atoms in total. The first kappa shape index (κ1) is 10.1. The van der Waals surface area contributed by atoms with Crippen molar-refractivity contribution in [3.05, 3.63) is 0 Å². The van der Waals surface area contributed by atoms with E-state index >= 15 is 0 Å². The Bertz CT molecular complexity index is 97.9. The minimum Gasteiger partial charge on any atom is -0.328 e. The lowest BCUT2D eigenvalue weighted by Crippen LogP contribution is -2.32. The maximum atomic E-state index is 12.3. The van der Waals surface area contributed by atoms with Gasteiger partial charge in [-0.25, -0.2) is 8.78 Å². The van der Waals surface area contributed by atoms with Gasteiger partial charge in [0.25, 0.3) is 0 Å². The molecule has 0 aromatic carbocycles. The van der Waals surface area contributed by atoms with E-state index in [9.17, 15) is 8.78 Å². The molecule has 10 heavy (non-hydrogen) atoms. The van der Waals surface area contributed by atoms with E-state index in [0.717, 1.165) is 0 Å². The summed E-state index contributed by atoms with van der Waals surface area (Å²) in [6, 6.07) is 0.0182. The first-order valence-electron chi connectivity index (χ1n) is 3.23. The Balaban J connectivity index is 0.000000810. The summed E-state index contributed by atoms with van der Waals surface area (Å²) < 4.78 is 24.6. The standard InChI is InChI=1S/C6H11F2N.ClH/c7-6(8)3-1-5(9)2-4-6;/h5H,1-4,9H2;1H. The second-order valence-corrected chi connectivity index (χ2v) is 2.69. The zero-order valence-corrected chi connectivity index (χ0v) is 6.46. The van der Waals surface area contributed by atoms with Gasteiger partial charge in [-0.15, -0.1) is 12.4 Å². The molecule has 1 rings (SSSR count). The summed E-state index contributed by atoms with van der Waals surface area (Å²) >= 11 is 0. The van der Waals surface area contributed by atoms with Crippen molar-refractivity contribution in [2.24, 2.45) is 5.73 Å². The van der Waals surface area contributed by atoms with Crippen LogP contribution in [0, 0.1) is 0 Å². The van der Waals surface area contributed by atoms with Crippen molar-refractivity contribution in [1.29, 1.82) is 0 Å². The van der Waals surface area contributed by atoms with E-state index in [-0.39, 0.29) is 31.3 Å². The van der Waals surface area contributed by atoms with E-state index in [4.69, 9.17) is 5.73 Å². The number of hydrogen-bond donors (Lipinski definition) is 1. The van der Waals surface area contributed by atoms with Crippen molar-refractivity contribution in [2.75, 3.05) is 0 Å². The molecular weight excluding hydrogens is 160 g/mol. The van der Waals surface area contributed by atoms with Gasteiger partial charge in [-0.1, -0.05) is 0 Å². The molecule has 0 atom stereocenters. The molecular formula is C6H12ClF2N. The van der Waals surface area contributed by atoms with Crippen molar-refractivity contribution >= 4 is 12.4 Å². The molecule has 0 bridgehead atoms. The lowest BCUT2D eigenvalue weighted by molar-refractivity contribution is -0.0375. The van der Waals surface area contributed by atoms with Crippen LogP contribution in [0.4, 0.5) is 8.78 Å². The Hall–Kier alpha value is 0.110. The van der Waals surface area contributed by atoms with Gasteiger partial charge in [0.05, 0.1) is 0 Å². The molecule has 0 saturated heterocycles. The highest BCUT2D eigenvalue weighted by molar-refractivity contribution is 5.85. The molecule has 0 aliphatic heterocycles. The average molecular weight is 172 g/mol. The summed E-state index contributed by atoms with van der Waals surface area (Å²) in [5.74, 6) is -2.42. The Morgan fingerprint density at radius 2 is 1.60 bits per heavy atom. The van der Waals surface area contributed by atoms with Gasteiger partial charge >= 0.3 is 0 Å². The van der Waals surface area contributed by atoms with Crippen LogP contribution in [0.3, 0.4) is 0 Å². The van der Waals surface area contributed by atoms with Crippen molar-refractivity contribution < 1.29 is 8.78 Å². The Morgan fingerprint density at radius 1 is 1.20 bits per heavy atom. The summed E-state index contributed by atoms with van der Waals surface area (Å²) in [6.45, 7) is 0. The fourth-order valence-electron chi connectivity index (χ4n) is 1.06. The number of rotatable bonds is 0. The zero-order chi connectivity index (χ0) is 6.91. The largest absolute Gasteiger partial charge is 0.328 e. The predicted molar refractivity (Wildman–Crippen MR) is 38.6 cm³/mol. The second-order valence-electron chi connectivity index (χ2n) is 2.69. The van der Waals surface area contributed by atoms with Gasteiger partial charge < -0.3 is 5.73 Å². The molecule has 0 aromatic heterocycles. The van der Waals surface area contributed by atoms with Crippen molar-refractivity contribution in [1.82, 2.24) is 0 Å². The SMILES string of the molecule is Cl.NC1CCC(F)(F)CC1. The average Bonchev–Trinajstić information content (AvgIpc) is 1.78. The van der Waals surface area contributed by atoms with Crippen molar-refractivity contribution in [2.45, 2.75) is 37.6 Å². The van der Waals surface area contributed by atoms with Crippen molar-refractivity contribution in [3.63, 3.8) is 0 Å². The van der Waals surface area contributed by atoms with E-state index in [2.05, 4.69) is 0 Å². The van der Waals surface area contributed by atoms with E-state index in [1.54, 1.807) is 0 Å². The predicted octanol–water partition coefficient (Wildman–Crippen LogP) is 1.94. The molecule has 0 heterocycles. The monoisotopic (exact) mass is 171 g/mol. The second kappa shape index (κ2) is 3.49. The molecule has 4 heteroatoms. The first-order chi connectivity index (χ1) is 4.10. The Morgan fingerprint density at radius 3 is 1.90 bits per heavy atom. The van der Waals surface area contributed by atoms with E-state index in [1.807, 2.05) is 0 Å². The van der Waals surface area contributed by atoms with Crippen LogP contribution in [-0.2, 0) is 0 Å². The first-order valence-corrected chi connectivity index (χ1v) is 3.23. The number of halogens is 3. The normalized spacial score (nSPS) is 25.5. The van der Waals surface area contributed by atoms with Gasteiger partial charge in [0.2, 0.25) is 5.92 Å². The topological polar surface area (TPSA) is 26.0 Å². The number of hydrogen-bond acceptors (Lipinski definition) is 1. The smallest absolute Gasteiger partial charge is 0.248 e. The van der Waals surface area contributed by atoms with Crippen LogP contribution < -0.4 is 5.73 Å². The van der Waals surface area contributed by atoms with Crippen molar-refractivity contribution in [3.8, 4) is 0 Å². The Labute approximate surface area is 65.4 Å². The highest BCUT2D eigenvalue weighted by Gasteiger charge is 2.33. The van der Waals surface area contributed by atoms with Crippen LogP contribution in [0.1, 0.15) is 25.7 Å². The molecule has 0 amide bonds. The van der Waals surface area contributed by atoms with Crippen LogP contribution in [-0.4, -0.2) is 12.0 Å². The third kappa shape index (κ3) is 2.80. The molecule has 0 unspecified atom stereocenters. The molecule has 1 saturated carbocycles. The van der Waals surface area contributed by atoms with Crippen LogP contribution in [0.2, 0.25) is 0 Å². The summed E-state index contributed by atoms with van der Waals surface area (Å²) in [7, 11) is 0. The quantitative estimate of drug-likeness (QED) is 0.593. The summed E-state index contributed by atoms with van der Waals surface area (Å²) in [5.41, 5.74) is 5.42. The molecule has 0 spiro atoms. The summed E-state index contributed by atoms with van der Waals surface area (Å²) in [4.78, 5) is 0. The van der Waals surface area contributed by atoms with E-state index < -0.39 is 5.92 Å². The van der Waals surface area contributed by atoms with Crippen LogP contribution in [0.25, 0.3) is 0 Å². The summed E-state index contributed by atoms with van der Waals surface area (Å²) in [5, 5.41) is 0. The van der Waals surface area contributed by atoms with Crippen LogP contribution in [0.5, 0.6) is 0 Å². The van der Waals surface area contributed by atoms with Gasteiger partial charge in [0.1, 0.15) is 0 Å². The van der Waals surface area contributed by atoms with Crippen LogP contribution in [0.15, 0.2) is 0 Å². The minimum atomic E-state index is -2.42. The summed E-state index contributed by atoms with van der Waals surface area (Å²) in [6.07, 6.45) is 0.919. The third-order valence-electron chi connectivity index (χ3n) is 1.76. The highest BCUT2D eigenvalue weighted by Crippen LogP contribution is 2.31. The van der Waals surface area contributed by atoms with Gasteiger partial charge in [-0.2, -0.15) is 0 Å². The van der Waals surface area contributed by atoms with Crippen LogP contribution >= 0.6 is 12.4 Å². The third-order valence-corrected chi connectivity index (χ3v) is 1.76. The molecule has 1 aliphatic rings.